The van der Waals surface area contributed by atoms with Crippen LogP contribution in [0.5, 0.6) is 0 Å². The summed E-state index contributed by atoms with van der Waals surface area (Å²) in [5.41, 5.74) is 0.290. The van der Waals surface area contributed by atoms with Gasteiger partial charge in [0.15, 0.2) is 0 Å². The maximum absolute atomic E-state index is 5.74. The Hall–Kier alpha value is -0.0400. The molecule has 1 heterocycles. The van der Waals surface area contributed by atoms with Gasteiger partial charge in [0.2, 0.25) is 0 Å². The summed E-state index contributed by atoms with van der Waals surface area (Å²) >= 11 is 0. The zero-order valence-corrected chi connectivity index (χ0v) is 6.73. The van der Waals surface area contributed by atoms with Crippen LogP contribution >= 0.6 is 0 Å². The molecule has 1 aliphatic heterocycles. The van der Waals surface area contributed by atoms with E-state index in [-0.39, 0.29) is 5.60 Å². The molecular formula is C9H16O. The Balaban J connectivity index is 2.10. The van der Waals surface area contributed by atoms with E-state index in [1.54, 1.807) is 0 Å². The van der Waals surface area contributed by atoms with Crippen LogP contribution in [0.25, 0.3) is 0 Å². The van der Waals surface area contributed by atoms with Gasteiger partial charge in [-0.1, -0.05) is 12.8 Å². The van der Waals surface area contributed by atoms with Gasteiger partial charge in [-0.25, -0.2) is 0 Å². The standard InChI is InChI=1S/C9H16O/c1-9-6-3-2-4-8(9)5-7-10-9/h8H,2-7H2,1H3/t8-,9+/m0/s1. The zero-order chi connectivity index (χ0) is 7.03. The van der Waals surface area contributed by atoms with Crippen LogP contribution in [0.1, 0.15) is 39.0 Å². The maximum atomic E-state index is 5.74. The molecule has 2 rings (SSSR count). The van der Waals surface area contributed by atoms with Gasteiger partial charge in [0.05, 0.1) is 5.60 Å². The van der Waals surface area contributed by atoms with Crippen LogP contribution in [0.2, 0.25) is 0 Å². The first-order valence-corrected chi connectivity index (χ1v) is 4.45. The van der Waals surface area contributed by atoms with Crippen molar-refractivity contribution in [3.05, 3.63) is 0 Å². The van der Waals surface area contributed by atoms with Crippen LogP contribution in [0, 0.1) is 5.92 Å². The first kappa shape index (κ1) is 6.66. The third-order valence-electron chi connectivity index (χ3n) is 3.24. The summed E-state index contributed by atoms with van der Waals surface area (Å²) < 4.78 is 5.74. The Bertz CT molecular complexity index is 133. The van der Waals surface area contributed by atoms with Crippen LogP contribution in [0.15, 0.2) is 0 Å². The zero-order valence-electron chi connectivity index (χ0n) is 6.73. The largest absolute Gasteiger partial charge is 0.375 e. The van der Waals surface area contributed by atoms with E-state index in [4.69, 9.17) is 4.74 Å². The molecule has 10 heavy (non-hydrogen) atoms. The topological polar surface area (TPSA) is 9.23 Å². The highest BCUT2D eigenvalue weighted by atomic mass is 16.5. The molecular weight excluding hydrogens is 124 g/mol. The average molecular weight is 140 g/mol. The molecule has 0 aromatic rings. The Morgan fingerprint density at radius 1 is 1.30 bits per heavy atom. The van der Waals surface area contributed by atoms with Gasteiger partial charge in [0, 0.05) is 6.61 Å². The van der Waals surface area contributed by atoms with Crippen molar-refractivity contribution < 1.29 is 4.74 Å². The Morgan fingerprint density at radius 3 is 3.00 bits per heavy atom. The molecule has 0 aromatic heterocycles. The van der Waals surface area contributed by atoms with Crippen molar-refractivity contribution in [1.29, 1.82) is 0 Å². The Labute approximate surface area is 62.8 Å². The lowest BCUT2D eigenvalue weighted by atomic mass is 9.77. The number of rotatable bonds is 0. The Kier molecular flexibility index (Phi) is 1.48. The van der Waals surface area contributed by atoms with Crippen LogP contribution < -0.4 is 0 Å². The minimum atomic E-state index is 0.290. The molecule has 1 saturated heterocycles. The van der Waals surface area contributed by atoms with Crippen molar-refractivity contribution in [2.75, 3.05) is 6.61 Å². The number of ether oxygens (including phenoxy) is 1. The molecule has 0 radical (unpaired) electrons. The van der Waals surface area contributed by atoms with Gasteiger partial charge in [0.1, 0.15) is 0 Å². The molecule has 2 fully saturated rings. The lowest BCUT2D eigenvalue weighted by molar-refractivity contribution is -0.0284. The highest BCUT2D eigenvalue weighted by molar-refractivity contribution is 4.91. The first-order chi connectivity index (χ1) is 4.81. The average Bonchev–Trinajstić information content (AvgIpc) is 2.29. The van der Waals surface area contributed by atoms with Crippen molar-refractivity contribution in [3.63, 3.8) is 0 Å². The molecule has 0 amide bonds. The van der Waals surface area contributed by atoms with E-state index in [1.165, 1.54) is 32.1 Å². The van der Waals surface area contributed by atoms with E-state index in [0.29, 0.717) is 0 Å². The molecule has 1 saturated carbocycles. The highest BCUT2D eigenvalue weighted by Gasteiger charge is 2.41. The summed E-state index contributed by atoms with van der Waals surface area (Å²) in [6.45, 7) is 3.31. The fourth-order valence-electron chi connectivity index (χ4n) is 2.45. The van der Waals surface area contributed by atoms with Crippen molar-refractivity contribution in [2.24, 2.45) is 5.92 Å². The molecule has 0 unspecified atom stereocenters. The van der Waals surface area contributed by atoms with Gasteiger partial charge in [0.25, 0.3) is 0 Å². The second-order valence-corrected chi connectivity index (χ2v) is 3.89. The maximum Gasteiger partial charge on any atom is 0.0683 e. The number of hydrogen-bond donors (Lipinski definition) is 0. The smallest absolute Gasteiger partial charge is 0.0683 e. The van der Waals surface area contributed by atoms with Crippen molar-refractivity contribution in [3.8, 4) is 0 Å². The van der Waals surface area contributed by atoms with E-state index in [1.807, 2.05) is 0 Å². The second kappa shape index (κ2) is 2.23. The SMILES string of the molecule is C[C@@]12CCCC[C@H]1CCO2. The van der Waals surface area contributed by atoms with Gasteiger partial charge in [-0.3, -0.25) is 0 Å². The molecule has 1 nitrogen and oxygen atoms in total. The second-order valence-electron chi connectivity index (χ2n) is 3.89. The number of hydrogen-bond acceptors (Lipinski definition) is 1. The normalized spacial score (nSPS) is 47.1. The molecule has 1 heteroatoms. The summed E-state index contributed by atoms with van der Waals surface area (Å²) in [7, 11) is 0. The third kappa shape index (κ3) is 0.878. The lowest BCUT2D eigenvalue weighted by Crippen LogP contribution is -2.34. The highest BCUT2D eigenvalue weighted by Crippen LogP contribution is 2.42. The van der Waals surface area contributed by atoms with Crippen molar-refractivity contribution in [1.82, 2.24) is 0 Å². The molecule has 0 spiro atoms. The van der Waals surface area contributed by atoms with Crippen molar-refractivity contribution >= 4 is 0 Å². The van der Waals surface area contributed by atoms with Crippen molar-refractivity contribution in [2.45, 2.75) is 44.6 Å². The molecule has 0 bridgehead atoms. The summed E-state index contributed by atoms with van der Waals surface area (Å²) in [6.07, 6.45) is 6.85. The van der Waals surface area contributed by atoms with E-state index < -0.39 is 0 Å². The summed E-state index contributed by atoms with van der Waals surface area (Å²) in [6, 6.07) is 0. The lowest BCUT2D eigenvalue weighted by Gasteiger charge is -2.34. The van der Waals surface area contributed by atoms with Crippen LogP contribution in [0.4, 0.5) is 0 Å². The van der Waals surface area contributed by atoms with Gasteiger partial charge in [-0.05, 0) is 32.1 Å². The van der Waals surface area contributed by atoms with Crippen LogP contribution in [-0.2, 0) is 4.74 Å². The monoisotopic (exact) mass is 140 g/mol. The predicted molar refractivity (Wildman–Crippen MR) is 40.9 cm³/mol. The van der Waals surface area contributed by atoms with Crippen LogP contribution in [0.3, 0.4) is 0 Å². The van der Waals surface area contributed by atoms with Gasteiger partial charge in [-0.2, -0.15) is 0 Å². The molecule has 1 aliphatic carbocycles. The predicted octanol–water partition coefficient (Wildman–Crippen LogP) is 2.36. The minimum absolute atomic E-state index is 0.290. The summed E-state index contributed by atoms with van der Waals surface area (Å²) in [5.74, 6) is 0.890. The summed E-state index contributed by atoms with van der Waals surface area (Å²) in [5, 5.41) is 0. The molecule has 2 aliphatic rings. The van der Waals surface area contributed by atoms with E-state index >= 15 is 0 Å². The molecule has 2 atom stereocenters. The molecule has 0 aromatic carbocycles. The molecule has 0 N–H and O–H groups in total. The summed E-state index contributed by atoms with van der Waals surface area (Å²) in [4.78, 5) is 0. The van der Waals surface area contributed by atoms with E-state index in [9.17, 15) is 0 Å². The van der Waals surface area contributed by atoms with Gasteiger partial charge < -0.3 is 4.74 Å². The van der Waals surface area contributed by atoms with E-state index in [0.717, 1.165) is 12.5 Å². The number of fused-ring (bicyclic) bond motifs is 1. The van der Waals surface area contributed by atoms with Gasteiger partial charge in [-0.15, -0.1) is 0 Å². The first-order valence-electron chi connectivity index (χ1n) is 4.45. The fraction of sp³-hybridized carbons (Fsp3) is 1.00. The Morgan fingerprint density at radius 2 is 2.20 bits per heavy atom. The van der Waals surface area contributed by atoms with Gasteiger partial charge >= 0.3 is 0 Å². The van der Waals surface area contributed by atoms with Crippen LogP contribution in [-0.4, -0.2) is 12.2 Å². The van der Waals surface area contributed by atoms with E-state index in [2.05, 4.69) is 6.92 Å². The minimum Gasteiger partial charge on any atom is -0.375 e. The fourth-order valence-corrected chi connectivity index (χ4v) is 2.45. The quantitative estimate of drug-likeness (QED) is 0.502. The molecule has 58 valence electrons. The third-order valence-corrected chi connectivity index (χ3v) is 3.24.